The second-order valence-electron chi connectivity index (χ2n) is 7.88. The van der Waals surface area contributed by atoms with Crippen molar-refractivity contribution < 1.29 is 14.2 Å². The Balaban J connectivity index is 0.00000261. The molecule has 0 amide bonds. The second kappa shape index (κ2) is 11.8. The van der Waals surface area contributed by atoms with E-state index in [1.807, 2.05) is 0 Å². The summed E-state index contributed by atoms with van der Waals surface area (Å²) in [6.45, 7) is 10.1. The molecular weight excluding hydrogens is 457 g/mol. The lowest BCUT2D eigenvalue weighted by Crippen LogP contribution is -2.68. The summed E-state index contributed by atoms with van der Waals surface area (Å²) < 4.78 is 17.1. The Bertz CT molecular complexity index is 454. The van der Waals surface area contributed by atoms with E-state index in [4.69, 9.17) is 19.2 Å². The molecule has 1 heterocycles. The Morgan fingerprint density at radius 3 is 2.78 bits per heavy atom. The molecule has 0 aromatic rings. The largest absolute Gasteiger partial charge is 0.381 e. The summed E-state index contributed by atoms with van der Waals surface area (Å²) in [5.41, 5.74) is 0.360. The van der Waals surface area contributed by atoms with E-state index >= 15 is 0 Å². The third-order valence-electron chi connectivity index (χ3n) is 6.19. The average molecular weight is 495 g/mol. The number of hydrogen-bond donors (Lipinski definition) is 2. The molecule has 2 N–H and O–H groups in total. The molecule has 1 aliphatic heterocycles. The van der Waals surface area contributed by atoms with Crippen molar-refractivity contribution in [2.75, 3.05) is 46.1 Å². The number of aliphatic imine (C=N–C) groups is 1. The lowest BCUT2D eigenvalue weighted by Gasteiger charge is -2.61. The summed E-state index contributed by atoms with van der Waals surface area (Å²) in [4.78, 5) is 4.75. The van der Waals surface area contributed by atoms with Gasteiger partial charge in [0.1, 0.15) is 0 Å². The standard InChI is InChI=1S/C20H37N3O3.HI/c1-3-21-19(22-10-6-11-24-14-16-7-12-25-15-16)23-17-13-18(26-4-2)20(17)8-5-9-20;/h16-18H,3-15H2,1-2H3,(H2,21,22,23);1H. The van der Waals surface area contributed by atoms with Crippen LogP contribution >= 0.6 is 24.0 Å². The van der Waals surface area contributed by atoms with E-state index in [9.17, 15) is 0 Å². The van der Waals surface area contributed by atoms with E-state index in [0.717, 1.165) is 71.3 Å². The van der Waals surface area contributed by atoms with Gasteiger partial charge >= 0.3 is 0 Å². The fourth-order valence-electron chi connectivity index (χ4n) is 4.45. The fourth-order valence-corrected chi connectivity index (χ4v) is 4.45. The van der Waals surface area contributed by atoms with Crippen LogP contribution in [0.1, 0.15) is 52.4 Å². The summed E-state index contributed by atoms with van der Waals surface area (Å²) in [7, 11) is 0. The molecule has 3 rings (SSSR count). The SMILES string of the molecule is CCNC(=NCCCOCC1CCOC1)NC1CC(OCC)C12CCC2.I. The summed E-state index contributed by atoms with van der Waals surface area (Å²) in [5.74, 6) is 1.54. The van der Waals surface area contributed by atoms with Crippen molar-refractivity contribution in [3.8, 4) is 0 Å². The number of rotatable bonds is 10. The van der Waals surface area contributed by atoms with Crippen molar-refractivity contribution in [3.63, 3.8) is 0 Å². The molecule has 3 atom stereocenters. The topological polar surface area (TPSA) is 64.1 Å². The summed E-state index contributed by atoms with van der Waals surface area (Å²) in [5, 5.41) is 7.06. The van der Waals surface area contributed by atoms with Crippen LogP contribution in [-0.4, -0.2) is 64.2 Å². The van der Waals surface area contributed by atoms with Crippen molar-refractivity contribution in [1.29, 1.82) is 0 Å². The Morgan fingerprint density at radius 1 is 1.30 bits per heavy atom. The number of nitrogens with zero attached hydrogens (tertiary/aromatic N) is 1. The normalized spacial score (nSPS) is 29.0. The molecule has 0 radical (unpaired) electrons. The van der Waals surface area contributed by atoms with Crippen LogP contribution in [-0.2, 0) is 14.2 Å². The maximum Gasteiger partial charge on any atom is 0.191 e. The van der Waals surface area contributed by atoms with Crippen LogP contribution in [0.15, 0.2) is 4.99 Å². The van der Waals surface area contributed by atoms with Gasteiger partial charge in [0.05, 0.1) is 19.3 Å². The monoisotopic (exact) mass is 495 g/mol. The molecule has 7 heteroatoms. The van der Waals surface area contributed by atoms with E-state index in [-0.39, 0.29) is 24.0 Å². The minimum Gasteiger partial charge on any atom is -0.381 e. The van der Waals surface area contributed by atoms with Gasteiger partial charge in [0, 0.05) is 50.3 Å². The molecule has 3 fully saturated rings. The molecule has 2 saturated carbocycles. The van der Waals surface area contributed by atoms with Crippen LogP contribution in [0, 0.1) is 11.3 Å². The Kier molecular flexibility index (Phi) is 10.1. The quantitative estimate of drug-likeness (QED) is 0.211. The molecule has 1 spiro atoms. The molecule has 3 aliphatic rings. The Hall–Kier alpha value is -0.120. The zero-order valence-electron chi connectivity index (χ0n) is 17.0. The summed E-state index contributed by atoms with van der Waals surface area (Å²) in [6.07, 6.45) is 7.54. The molecule has 0 bridgehead atoms. The molecule has 0 aromatic heterocycles. The van der Waals surface area contributed by atoms with Crippen molar-refractivity contribution in [2.24, 2.45) is 16.3 Å². The predicted octanol–water partition coefficient (Wildman–Crippen LogP) is 2.95. The first-order valence-corrected chi connectivity index (χ1v) is 10.6. The first-order valence-electron chi connectivity index (χ1n) is 10.6. The molecular formula is C20H38IN3O3. The number of hydrogen-bond acceptors (Lipinski definition) is 4. The van der Waals surface area contributed by atoms with Crippen LogP contribution in [0.3, 0.4) is 0 Å². The van der Waals surface area contributed by atoms with Crippen molar-refractivity contribution in [3.05, 3.63) is 0 Å². The van der Waals surface area contributed by atoms with E-state index in [0.29, 0.717) is 23.5 Å². The van der Waals surface area contributed by atoms with Gasteiger partial charge in [-0.05, 0) is 46.0 Å². The third-order valence-corrected chi connectivity index (χ3v) is 6.19. The van der Waals surface area contributed by atoms with Crippen LogP contribution in [0.5, 0.6) is 0 Å². The number of guanidine groups is 1. The van der Waals surface area contributed by atoms with E-state index < -0.39 is 0 Å². The minimum absolute atomic E-state index is 0. The zero-order valence-corrected chi connectivity index (χ0v) is 19.3. The maximum absolute atomic E-state index is 5.95. The smallest absolute Gasteiger partial charge is 0.191 e. The first-order chi connectivity index (χ1) is 12.8. The Morgan fingerprint density at radius 2 is 2.15 bits per heavy atom. The minimum atomic E-state index is 0. The molecule has 0 aromatic carbocycles. The van der Waals surface area contributed by atoms with Crippen LogP contribution in [0.4, 0.5) is 0 Å². The fraction of sp³-hybridized carbons (Fsp3) is 0.950. The third kappa shape index (κ3) is 5.93. The van der Waals surface area contributed by atoms with Gasteiger partial charge in [0.25, 0.3) is 0 Å². The average Bonchev–Trinajstić information content (AvgIpc) is 3.08. The van der Waals surface area contributed by atoms with Gasteiger partial charge in [-0.3, -0.25) is 4.99 Å². The summed E-state index contributed by atoms with van der Waals surface area (Å²) >= 11 is 0. The lowest BCUT2D eigenvalue weighted by molar-refractivity contribution is -0.168. The molecule has 3 unspecified atom stereocenters. The van der Waals surface area contributed by atoms with Gasteiger partial charge in [-0.2, -0.15) is 0 Å². The van der Waals surface area contributed by atoms with Gasteiger partial charge in [-0.15, -0.1) is 24.0 Å². The van der Waals surface area contributed by atoms with Crippen LogP contribution in [0.25, 0.3) is 0 Å². The Labute approximate surface area is 181 Å². The van der Waals surface area contributed by atoms with E-state index in [1.54, 1.807) is 0 Å². The van der Waals surface area contributed by atoms with Gasteiger partial charge in [-0.25, -0.2) is 0 Å². The van der Waals surface area contributed by atoms with Crippen LogP contribution in [0.2, 0.25) is 0 Å². The molecule has 1 saturated heterocycles. The number of ether oxygens (including phenoxy) is 3. The summed E-state index contributed by atoms with van der Waals surface area (Å²) in [6, 6.07) is 0.504. The lowest BCUT2D eigenvalue weighted by atomic mass is 9.51. The van der Waals surface area contributed by atoms with E-state index in [2.05, 4.69) is 24.5 Å². The molecule has 2 aliphatic carbocycles. The van der Waals surface area contributed by atoms with E-state index in [1.165, 1.54) is 19.3 Å². The van der Waals surface area contributed by atoms with Gasteiger partial charge in [-0.1, -0.05) is 6.42 Å². The highest BCUT2D eigenvalue weighted by Gasteiger charge is 2.59. The number of nitrogens with one attached hydrogen (secondary N) is 2. The molecule has 6 nitrogen and oxygen atoms in total. The highest BCUT2D eigenvalue weighted by atomic mass is 127. The molecule has 27 heavy (non-hydrogen) atoms. The van der Waals surface area contributed by atoms with Crippen molar-refractivity contribution >= 4 is 29.9 Å². The van der Waals surface area contributed by atoms with Gasteiger partial charge in [0.15, 0.2) is 5.96 Å². The van der Waals surface area contributed by atoms with Crippen molar-refractivity contribution in [2.45, 2.75) is 64.5 Å². The highest BCUT2D eigenvalue weighted by Crippen LogP contribution is 2.57. The van der Waals surface area contributed by atoms with Crippen LogP contribution < -0.4 is 10.6 Å². The first kappa shape index (κ1) is 23.2. The molecule has 158 valence electrons. The highest BCUT2D eigenvalue weighted by molar-refractivity contribution is 14.0. The second-order valence-corrected chi connectivity index (χ2v) is 7.88. The number of halogens is 1. The van der Waals surface area contributed by atoms with Gasteiger partial charge < -0.3 is 24.8 Å². The zero-order chi connectivity index (χ0) is 18.2. The van der Waals surface area contributed by atoms with Gasteiger partial charge in [0.2, 0.25) is 0 Å². The van der Waals surface area contributed by atoms with Crippen molar-refractivity contribution in [1.82, 2.24) is 10.6 Å². The maximum atomic E-state index is 5.95. The predicted molar refractivity (Wildman–Crippen MR) is 119 cm³/mol.